The van der Waals surface area contributed by atoms with Crippen molar-refractivity contribution in [2.24, 2.45) is 0 Å². The van der Waals surface area contributed by atoms with E-state index in [9.17, 15) is 4.79 Å². The zero-order valence-electron chi connectivity index (χ0n) is 9.53. The molecule has 0 aromatic heterocycles. The minimum Gasteiger partial charge on any atom is -0.341 e. The van der Waals surface area contributed by atoms with Crippen molar-refractivity contribution >= 4 is 33.4 Å². The van der Waals surface area contributed by atoms with Gasteiger partial charge in [-0.2, -0.15) is 0 Å². The molecular weight excluding hydrogens is 302 g/mol. The predicted octanol–water partition coefficient (Wildman–Crippen LogP) is 3.27. The van der Waals surface area contributed by atoms with Crippen molar-refractivity contribution in [3.05, 3.63) is 34.9 Å². The smallest absolute Gasteiger partial charge is 0.227 e. The summed E-state index contributed by atoms with van der Waals surface area (Å²) >= 11 is 9.48. The molecule has 1 amide bonds. The predicted molar refractivity (Wildman–Crippen MR) is 73.7 cm³/mol. The van der Waals surface area contributed by atoms with Crippen LogP contribution in [0.25, 0.3) is 0 Å². The minimum atomic E-state index is 0.191. The summed E-state index contributed by atoms with van der Waals surface area (Å²) in [6.07, 6.45) is 2.68. The Kier molecular flexibility index (Phi) is 4.46. The number of hydrogen-bond acceptors (Lipinski definition) is 1. The lowest BCUT2D eigenvalue weighted by atomic mass is 10.1. The molecule has 2 nitrogen and oxygen atoms in total. The Morgan fingerprint density at radius 2 is 2.35 bits per heavy atom. The van der Waals surface area contributed by atoms with Crippen LogP contribution in [-0.2, 0) is 11.2 Å². The van der Waals surface area contributed by atoms with E-state index in [2.05, 4.69) is 15.9 Å². The SMILES string of the molecule is O=C(Cc1cccc(Cl)c1)N1CCCC(Br)C1. The number of benzene rings is 1. The average Bonchev–Trinajstić information content (AvgIpc) is 2.29. The van der Waals surface area contributed by atoms with Gasteiger partial charge in [-0.05, 0) is 30.5 Å². The third kappa shape index (κ3) is 3.71. The van der Waals surface area contributed by atoms with Crippen LogP contribution < -0.4 is 0 Å². The van der Waals surface area contributed by atoms with Crippen LogP contribution in [0, 0.1) is 0 Å². The fraction of sp³-hybridized carbons (Fsp3) is 0.462. The molecule has 1 atom stereocenters. The summed E-state index contributed by atoms with van der Waals surface area (Å²) in [7, 11) is 0. The van der Waals surface area contributed by atoms with E-state index in [4.69, 9.17) is 11.6 Å². The molecular formula is C13H15BrClNO. The first-order chi connectivity index (χ1) is 8.15. The maximum Gasteiger partial charge on any atom is 0.227 e. The maximum absolute atomic E-state index is 12.1. The van der Waals surface area contributed by atoms with Gasteiger partial charge in [0.25, 0.3) is 0 Å². The molecule has 0 N–H and O–H groups in total. The molecule has 1 aromatic rings. The third-order valence-corrected chi connectivity index (χ3v) is 3.94. The Labute approximate surface area is 115 Å². The van der Waals surface area contributed by atoms with Crippen molar-refractivity contribution in [3.63, 3.8) is 0 Å². The molecule has 4 heteroatoms. The van der Waals surface area contributed by atoms with Gasteiger partial charge in [0.1, 0.15) is 0 Å². The van der Waals surface area contributed by atoms with Crippen LogP contribution in [0.5, 0.6) is 0 Å². The first-order valence-corrected chi connectivity index (χ1v) is 7.11. The van der Waals surface area contributed by atoms with Gasteiger partial charge in [-0.3, -0.25) is 4.79 Å². The Morgan fingerprint density at radius 3 is 3.06 bits per heavy atom. The zero-order valence-corrected chi connectivity index (χ0v) is 11.9. The minimum absolute atomic E-state index is 0.191. The Morgan fingerprint density at radius 1 is 1.53 bits per heavy atom. The zero-order chi connectivity index (χ0) is 12.3. The van der Waals surface area contributed by atoms with E-state index >= 15 is 0 Å². The number of piperidine rings is 1. The van der Waals surface area contributed by atoms with Crippen molar-refractivity contribution in [2.45, 2.75) is 24.1 Å². The highest BCUT2D eigenvalue weighted by atomic mass is 79.9. The van der Waals surface area contributed by atoms with Gasteiger partial charge in [0, 0.05) is 22.9 Å². The highest BCUT2D eigenvalue weighted by molar-refractivity contribution is 9.09. The molecule has 1 aliphatic heterocycles. The van der Waals surface area contributed by atoms with Gasteiger partial charge in [0.2, 0.25) is 5.91 Å². The third-order valence-electron chi connectivity index (χ3n) is 2.96. The normalized spacial score (nSPS) is 20.4. The van der Waals surface area contributed by atoms with E-state index in [0.717, 1.165) is 31.5 Å². The molecule has 1 unspecified atom stereocenters. The van der Waals surface area contributed by atoms with Crippen LogP contribution in [0.3, 0.4) is 0 Å². The van der Waals surface area contributed by atoms with Gasteiger partial charge in [-0.15, -0.1) is 0 Å². The van der Waals surface area contributed by atoms with Gasteiger partial charge in [-0.1, -0.05) is 39.7 Å². The van der Waals surface area contributed by atoms with E-state index < -0.39 is 0 Å². The molecule has 92 valence electrons. The molecule has 0 radical (unpaired) electrons. The number of amides is 1. The standard InChI is InChI=1S/C13H15BrClNO/c14-11-4-2-6-16(9-11)13(17)8-10-3-1-5-12(15)7-10/h1,3,5,7,11H,2,4,6,8-9H2. The molecule has 1 aliphatic rings. The summed E-state index contributed by atoms with van der Waals surface area (Å²) in [5.74, 6) is 0.191. The fourth-order valence-corrected chi connectivity index (χ4v) is 2.97. The molecule has 1 fully saturated rings. The number of hydrogen-bond donors (Lipinski definition) is 0. The largest absolute Gasteiger partial charge is 0.341 e. The summed E-state index contributed by atoms with van der Waals surface area (Å²) in [6.45, 7) is 1.70. The molecule has 1 heterocycles. The van der Waals surface area contributed by atoms with Crippen LogP contribution in [0.2, 0.25) is 5.02 Å². The van der Waals surface area contributed by atoms with Crippen LogP contribution in [0.15, 0.2) is 24.3 Å². The number of rotatable bonds is 2. The number of halogens is 2. The first kappa shape index (κ1) is 12.9. The van der Waals surface area contributed by atoms with E-state index in [1.54, 1.807) is 0 Å². The molecule has 0 spiro atoms. The van der Waals surface area contributed by atoms with Gasteiger partial charge < -0.3 is 4.90 Å². The van der Waals surface area contributed by atoms with Crippen molar-refractivity contribution in [3.8, 4) is 0 Å². The number of nitrogens with zero attached hydrogens (tertiary/aromatic N) is 1. The lowest BCUT2D eigenvalue weighted by Gasteiger charge is -2.30. The summed E-state index contributed by atoms with van der Waals surface area (Å²) in [4.78, 5) is 14.5. The Balaban J connectivity index is 1.96. The number of carbonyl (C=O) groups excluding carboxylic acids is 1. The Hall–Kier alpha value is -0.540. The number of carbonyl (C=O) groups is 1. The lowest BCUT2D eigenvalue weighted by molar-refractivity contribution is -0.131. The maximum atomic E-state index is 12.1. The van der Waals surface area contributed by atoms with Crippen molar-refractivity contribution in [2.75, 3.05) is 13.1 Å². The van der Waals surface area contributed by atoms with Gasteiger partial charge in [-0.25, -0.2) is 0 Å². The van der Waals surface area contributed by atoms with E-state index in [0.29, 0.717) is 16.3 Å². The van der Waals surface area contributed by atoms with Gasteiger partial charge in [0.15, 0.2) is 0 Å². The monoisotopic (exact) mass is 315 g/mol. The quantitative estimate of drug-likeness (QED) is 0.767. The Bertz CT molecular complexity index is 410. The van der Waals surface area contributed by atoms with E-state index in [-0.39, 0.29) is 5.91 Å². The van der Waals surface area contributed by atoms with Gasteiger partial charge in [0.05, 0.1) is 6.42 Å². The average molecular weight is 317 g/mol. The molecule has 1 aromatic carbocycles. The molecule has 2 rings (SSSR count). The van der Waals surface area contributed by atoms with Crippen molar-refractivity contribution < 1.29 is 4.79 Å². The highest BCUT2D eigenvalue weighted by Crippen LogP contribution is 2.18. The molecule has 0 saturated carbocycles. The number of alkyl halides is 1. The summed E-state index contributed by atoms with van der Waals surface area (Å²) < 4.78 is 0. The lowest BCUT2D eigenvalue weighted by Crippen LogP contribution is -2.41. The second-order valence-corrected chi connectivity index (χ2v) is 6.12. The molecule has 17 heavy (non-hydrogen) atoms. The number of likely N-dealkylation sites (tertiary alicyclic amines) is 1. The summed E-state index contributed by atoms with van der Waals surface area (Å²) in [5, 5.41) is 0.687. The van der Waals surface area contributed by atoms with E-state index in [1.807, 2.05) is 29.2 Å². The second-order valence-electron chi connectivity index (χ2n) is 4.39. The topological polar surface area (TPSA) is 20.3 Å². The molecule has 0 aliphatic carbocycles. The summed E-state index contributed by atoms with van der Waals surface area (Å²) in [5.41, 5.74) is 0.985. The van der Waals surface area contributed by atoms with E-state index in [1.165, 1.54) is 0 Å². The molecule has 1 saturated heterocycles. The highest BCUT2D eigenvalue weighted by Gasteiger charge is 2.21. The second kappa shape index (κ2) is 5.87. The van der Waals surface area contributed by atoms with Crippen LogP contribution >= 0.6 is 27.5 Å². The summed E-state index contributed by atoms with van der Waals surface area (Å²) in [6, 6.07) is 7.51. The van der Waals surface area contributed by atoms with Gasteiger partial charge >= 0.3 is 0 Å². The molecule has 0 bridgehead atoms. The van der Waals surface area contributed by atoms with Crippen LogP contribution in [-0.4, -0.2) is 28.7 Å². The van der Waals surface area contributed by atoms with Crippen molar-refractivity contribution in [1.29, 1.82) is 0 Å². The van der Waals surface area contributed by atoms with Crippen LogP contribution in [0.1, 0.15) is 18.4 Å². The van der Waals surface area contributed by atoms with Crippen LogP contribution in [0.4, 0.5) is 0 Å². The first-order valence-electron chi connectivity index (χ1n) is 5.81. The van der Waals surface area contributed by atoms with Crippen molar-refractivity contribution in [1.82, 2.24) is 4.90 Å². The fourth-order valence-electron chi connectivity index (χ4n) is 2.09.